The topological polar surface area (TPSA) is 98.0 Å². The second kappa shape index (κ2) is 9.13. The Balaban J connectivity index is 1.64. The Morgan fingerprint density at radius 3 is 2.33 bits per heavy atom. The molecule has 0 aliphatic rings. The fraction of sp³-hybridized carbons (Fsp3) is 0.333. The highest BCUT2D eigenvalue weighted by Crippen LogP contribution is 2.20. The second-order valence-corrected chi connectivity index (χ2v) is 7.30. The van der Waals surface area contributed by atoms with Crippen molar-refractivity contribution < 1.29 is 9.59 Å². The molecule has 0 spiro atoms. The molecule has 0 bridgehead atoms. The lowest BCUT2D eigenvalue weighted by atomic mass is 10.2. The Labute approximate surface area is 178 Å². The number of rotatable bonds is 7. The molecule has 158 valence electrons. The van der Waals surface area contributed by atoms with Crippen molar-refractivity contribution in [3.05, 3.63) is 51.4 Å². The van der Waals surface area contributed by atoms with Gasteiger partial charge in [0.15, 0.2) is 5.65 Å². The van der Waals surface area contributed by atoms with Crippen molar-refractivity contribution in [3.63, 3.8) is 0 Å². The third kappa shape index (κ3) is 4.54. The van der Waals surface area contributed by atoms with Gasteiger partial charge in [-0.1, -0.05) is 17.7 Å². The number of nitrogens with one attached hydrogen (secondary N) is 2. The van der Waals surface area contributed by atoms with Crippen LogP contribution in [0.25, 0.3) is 11.2 Å². The lowest BCUT2D eigenvalue weighted by molar-refractivity contribution is -0.121. The van der Waals surface area contributed by atoms with Gasteiger partial charge >= 0.3 is 5.69 Å². The van der Waals surface area contributed by atoms with Crippen LogP contribution in [0.2, 0.25) is 5.02 Å². The third-order valence-corrected chi connectivity index (χ3v) is 5.05. The molecular weight excluding hydrogens is 406 g/mol. The van der Waals surface area contributed by atoms with Crippen molar-refractivity contribution in [2.45, 2.75) is 46.7 Å². The van der Waals surface area contributed by atoms with Gasteiger partial charge in [-0.15, -0.1) is 0 Å². The number of amides is 2. The Kier molecular flexibility index (Phi) is 6.56. The number of hydrogen-bond donors (Lipinski definition) is 2. The molecule has 0 radical (unpaired) electrons. The molecule has 30 heavy (non-hydrogen) atoms. The van der Waals surface area contributed by atoms with E-state index < -0.39 is 0 Å². The van der Waals surface area contributed by atoms with Crippen LogP contribution in [-0.4, -0.2) is 25.9 Å². The Morgan fingerprint density at radius 1 is 1.00 bits per heavy atom. The number of fused-ring (bicyclic) bond motifs is 1. The van der Waals surface area contributed by atoms with Crippen molar-refractivity contribution in [2.75, 3.05) is 10.6 Å². The number of carbonyl (C=O) groups excluding carboxylic acids is 2. The van der Waals surface area contributed by atoms with Gasteiger partial charge in [0.1, 0.15) is 5.82 Å². The number of hydrogen-bond acceptors (Lipinski definition) is 4. The molecule has 0 saturated heterocycles. The monoisotopic (exact) mass is 429 g/mol. The van der Waals surface area contributed by atoms with Crippen LogP contribution in [0.3, 0.4) is 0 Å². The van der Waals surface area contributed by atoms with Crippen molar-refractivity contribution in [1.82, 2.24) is 14.1 Å². The van der Waals surface area contributed by atoms with Crippen LogP contribution in [0, 0.1) is 6.92 Å². The van der Waals surface area contributed by atoms with E-state index in [4.69, 9.17) is 11.6 Å². The quantitative estimate of drug-likeness (QED) is 0.600. The summed E-state index contributed by atoms with van der Waals surface area (Å²) < 4.78 is 3.20. The highest BCUT2D eigenvalue weighted by Gasteiger charge is 2.14. The molecule has 2 heterocycles. The normalized spacial score (nSPS) is 10.9. The van der Waals surface area contributed by atoms with Gasteiger partial charge in [-0.25, -0.2) is 9.78 Å². The number of benzene rings is 1. The highest BCUT2D eigenvalue weighted by molar-refractivity contribution is 6.31. The van der Waals surface area contributed by atoms with E-state index in [-0.39, 0.29) is 30.3 Å². The van der Waals surface area contributed by atoms with Gasteiger partial charge in [-0.2, -0.15) is 0 Å². The molecule has 0 atom stereocenters. The molecule has 1 aromatic carbocycles. The van der Waals surface area contributed by atoms with Crippen LogP contribution < -0.4 is 16.3 Å². The van der Waals surface area contributed by atoms with E-state index in [1.807, 2.05) is 26.8 Å². The largest absolute Gasteiger partial charge is 0.330 e. The van der Waals surface area contributed by atoms with Crippen molar-refractivity contribution in [2.24, 2.45) is 0 Å². The van der Waals surface area contributed by atoms with Crippen molar-refractivity contribution in [3.8, 4) is 0 Å². The van der Waals surface area contributed by atoms with Gasteiger partial charge < -0.3 is 10.6 Å². The third-order valence-electron chi connectivity index (χ3n) is 4.82. The van der Waals surface area contributed by atoms with E-state index in [1.54, 1.807) is 33.4 Å². The molecule has 0 aliphatic carbocycles. The first kappa shape index (κ1) is 21.6. The van der Waals surface area contributed by atoms with Crippen LogP contribution in [0.4, 0.5) is 11.5 Å². The second-order valence-electron chi connectivity index (χ2n) is 6.87. The fourth-order valence-corrected chi connectivity index (χ4v) is 3.40. The molecule has 0 fully saturated rings. The summed E-state index contributed by atoms with van der Waals surface area (Å²) in [7, 11) is 0. The summed E-state index contributed by atoms with van der Waals surface area (Å²) in [6.07, 6.45) is 0.0215. The minimum absolute atomic E-state index is 0.00171. The number of nitrogens with zero attached hydrogens (tertiary/aromatic N) is 3. The maximum Gasteiger partial charge on any atom is 0.330 e. The Bertz CT molecular complexity index is 1170. The molecule has 9 heteroatoms. The average molecular weight is 430 g/mol. The molecule has 0 aliphatic heterocycles. The number of carbonyl (C=O) groups is 2. The first-order valence-electron chi connectivity index (χ1n) is 9.80. The Morgan fingerprint density at radius 2 is 1.67 bits per heavy atom. The van der Waals surface area contributed by atoms with Gasteiger partial charge in [-0.3, -0.25) is 18.7 Å². The van der Waals surface area contributed by atoms with Gasteiger partial charge in [-0.05, 0) is 50.6 Å². The summed E-state index contributed by atoms with van der Waals surface area (Å²) in [6.45, 7) is 6.65. The molecule has 0 unspecified atom stereocenters. The minimum Gasteiger partial charge on any atom is -0.326 e. The van der Waals surface area contributed by atoms with Gasteiger partial charge in [0, 0.05) is 36.6 Å². The van der Waals surface area contributed by atoms with E-state index in [2.05, 4.69) is 15.6 Å². The van der Waals surface area contributed by atoms with E-state index in [0.717, 1.165) is 11.1 Å². The van der Waals surface area contributed by atoms with Gasteiger partial charge in [0.05, 0.1) is 5.52 Å². The maximum atomic E-state index is 12.4. The zero-order chi connectivity index (χ0) is 21.8. The summed E-state index contributed by atoms with van der Waals surface area (Å²) >= 11 is 5.96. The van der Waals surface area contributed by atoms with Crippen LogP contribution in [0.15, 0.2) is 35.1 Å². The SMILES string of the molecule is CCn1c(=O)n(CC)c2nc(NC(=O)CCC(=O)Nc3cc(Cl)ccc3C)ccc21. The van der Waals surface area contributed by atoms with Crippen molar-refractivity contribution >= 4 is 46.1 Å². The van der Waals surface area contributed by atoms with E-state index in [0.29, 0.717) is 35.3 Å². The predicted molar refractivity (Wildman–Crippen MR) is 118 cm³/mol. The first-order chi connectivity index (χ1) is 14.3. The number of imidazole rings is 1. The van der Waals surface area contributed by atoms with Gasteiger partial charge in [0.25, 0.3) is 0 Å². The van der Waals surface area contributed by atoms with Crippen LogP contribution in [0.5, 0.6) is 0 Å². The van der Waals surface area contributed by atoms with E-state index >= 15 is 0 Å². The van der Waals surface area contributed by atoms with Crippen LogP contribution in [-0.2, 0) is 22.7 Å². The fourth-order valence-electron chi connectivity index (χ4n) is 3.22. The molecular formula is C21H24ClN5O3. The number of halogens is 1. The number of aromatic nitrogens is 3. The van der Waals surface area contributed by atoms with E-state index in [9.17, 15) is 14.4 Å². The smallest absolute Gasteiger partial charge is 0.326 e. The summed E-state index contributed by atoms with van der Waals surface area (Å²) in [5, 5.41) is 5.99. The lowest BCUT2D eigenvalue weighted by Crippen LogP contribution is -2.23. The van der Waals surface area contributed by atoms with Crippen LogP contribution in [0.1, 0.15) is 32.3 Å². The zero-order valence-electron chi connectivity index (χ0n) is 17.2. The Hall–Kier alpha value is -3.13. The average Bonchev–Trinajstić information content (AvgIpc) is 2.98. The van der Waals surface area contributed by atoms with Gasteiger partial charge in [0.2, 0.25) is 11.8 Å². The molecule has 2 N–H and O–H groups in total. The van der Waals surface area contributed by atoms with Crippen LogP contribution >= 0.6 is 11.6 Å². The van der Waals surface area contributed by atoms with E-state index in [1.165, 1.54) is 0 Å². The maximum absolute atomic E-state index is 12.4. The summed E-state index contributed by atoms with van der Waals surface area (Å²) in [4.78, 5) is 41.3. The molecule has 8 nitrogen and oxygen atoms in total. The first-order valence-corrected chi connectivity index (χ1v) is 10.2. The zero-order valence-corrected chi connectivity index (χ0v) is 17.9. The molecule has 0 saturated carbocycles. The number of pyridine rings is 1. The summed E-state index contributed by atoms with van der Waals surface area (Å²) in [5.41, 5.74) is 2.63. The molecule has 2 amide bonds. The number of aryl methyl sites for hydroxylation is 3. The molecule has 2 aromatic heterocycles. The summed E-state index contributed by atoms with van der Waals surface area (Å²) in [5.74, 6) is -0.270. The lowest BCUT2D eigenvalue weighted by Gasteiger charge is -2.09. The standard InChI is InChI=1S/C21H24ClN5O3/c1-4-26-16-8-9-17(25-20(16)27(5-2)21(26)30)24-19(29)11-10-18(28)23-15-12-14(22)7-6-13(15)3/h6-9,12H,4-5,10-11H2,1-3H3,(H,23,28)(H,24,25,29). The molecule has 3 rings (SSSR count). The summed E-state index contributed by atoms with van der Waals surface area (Å²) in [6, 6.07) is 8.65. The predicted octanol–water partition coefficient (Wildman–Crippen LogP) is 3.56. The highest BCUT2D eigenvalue weighted by atomic mass is 35.5. The van der Waals surface area contributed by atoms with Crippen molar-refractivity contribution in [1.29, 1.82) is 0 Å². The minimum atomic E-state index is -0.333. The number of anilines is 2. The molecule has 3 aromatic rings.